The van der Waals surface area contributed by atoms with Gasteiger partial charge in [0.2, 0.25) is 0 Å². The van der Waals surface area contributed by atoms with E-state index in [1.54, 1.807) is 5.51 Å². The molecule has 1 heterocycles. The Labute approximate surface area is 196 Å². The molecule has 3 aromatic carbocycles. The van der Waals surface area contributed by atoms with Gasteiger partial charge >= 0.3 is 6.09 Å². The zero-order valence-corrected chi connectivity index (χ0v) is 18.7. The van der Waals surface area contributed by atoms with E-state index in [0.29, 0.717) is 5.82 Å². The molecule has 4 aromatic rings. The van der Waals surface area contributed by atoms with E-state index in [-0.39, 0.29) is 12.0 Å². The molecule has 0 aliphatic heterocycles. The molecule has 0 radical (unpaired) electrons. The lowest BCUT2D eigenvalue weighted by Crippen LogP contribution is -2.14. The van der Waals surface area contributed by atoms with Crippen LogP contribution in [0, 0.1) is 0 Å². The van der Waals surface area contributed by atoms with Crippen molar-refractivity contribution in [3.05, 3.63) is 95.5 Å². The maximum atomic E-state index is 12.2. The van der Waals surface area contributed by atoms with Crippen molar-refractivity contribution in [2.75, 3.05) is 5.32 Å². The molecule has 33 heavy (non-hydrogen) atoms. The largest absolute Gasteiger partial charge is 0.444 e. The number of aldehydes is 1. The number of amides is 1. The first-order chi connectivity index (χ1) is 16.2. The Kier molecular flexibility index (Phi) is 5.75. The number of carbonyl (C=O) groups excluding carboxylic acids is 2. The van der Waals surface area contributed by atoms with E-state index in [2.05, 4.69) is 34.6 Å². The highest BCUT2D eigenvalue weighted by atomic mass is 32.1. The second-order valence-corrected chi connectivity index (χ2v) is 9.00. The van der Waals surface area contributed by atoms with Gasteiger partial charge < -0.3 is 9.53 Å². The summed E-state index contributed by atoms with van der Waals surface area (Å²) in [5.74, 6) is 0.485. The first-order valence-electron chi connectivity index (χ1n) is 10.8. The Bertz CT molecular complexity index is 1260. The van der Waals surface area contributed by atoms with Gasteiger partial charge in [-0.25, -0.2) is 9.78 Å². The third-order valence-corrected chi connectivity index (χ3v) is 6.83. The van der Waals surface area contributed by atoms with Crippen molar-refractivity contribution in [1.29, 1.82) is 0 Å². The average Bonchev–Trinajstić information content (AvgIpc) is 3.55. The molecular weight excluding hydrogens is 432 g/mol. The quantitative estimate of drug-likeness (QED) is 0.326. The van der Waals surface area contributed by atoms with Gasteiger partial charge in [-0.1, -0.05) is 78.9 Å². The maximum Gasteiger partial charge on any atom is 0.413 e. The third-order valence-electron chi connectivity index (χ3n) is 5.96. The van der Waals surface area contributed by atoms with Crippen LogP contribution in [0.2, 0.25) is 0 Å². The summed E-state index contributed by atoms with van der Waals surface area (Å²) in [6.07, 6.45) is 2.42. The zero-order valence-electron chi connectivity index (χ0n) is 17.9. The van der Waals surface area contributed by atoms with Crippen LogP contribution in [0.5, 0.6) is 0 Å². The zero-order chi connectivity index (χ0) is 22.7. The van der Waals surface area contributed by atoms with E-state index in [9.17, 15) is 9.59 Å². The smallest absolute Gasteiger partial charge is 0.413 e. The topological polar surface area (TPSA) is 68.3 Å². The highest BCUT2D eigenvalue weighted by Crippen LogP contribution is 2.46. The number of nitrogens with zero attached hydrogens (tertiary/aromatic N) is 1. The van der Waals surface area contributed by atoms with E-state index in [0.717, 1.165) is 51.8 Å². The number of anilines is 1. The van der Waals surface area contributed by atoms with Crippen molar-refractivity contribution in [1.82, 2.24) is 4.98 Å². The Hall–Kier alpha value is -3.77. The van der Waals surface area contributed by atoms with Crippen LogP contribution < -0.4 is 5.32 Å². The van der Waals surface area contributed by atoms with Gasteiger partial charge in [0, 0.05) is 0 Å². The van der Waals surface area contributed by atoms with Crippen molar-refractivity contribution >= 4 is 29.5 Å². The molecule has 5 nitrogen and oxygen atoms in total. The molecule has 5 rings (SSSR count). The minimum Gasteiger partial charge on any atom is -0.444 e. The number of hydrogen-bond donors (Lipinski definition) is 1. The summed E-state index contributed by atoms with van der Waals surface area (Å²) in [5.41, 5.74) is 6.62. The second kappa shape index (κ2) is 9.00. The Morgan fingerprint density at radius 1 is 0.939 bits per heavy atom. The summed E-state index contributed by atoms with van der Waals surface area (Å²) in [4.78, 5) is 28.8. The number of thiazole rings is 1. The Balaban J connectivity index is 1.26. The number of carbonyl (C=O) groups is 2. The van der Waals surface area contributed by atoms with E-state index in [4.69, 9.17) is 4.74 Å². The molecule has 1 aliphatic carbocycles. The van der Waals surface area contributed by atoms with Crippen LogP contribution in [0.4, 0.5) is 10.6 Å². The summed E-state index contributed by atoms with van der Waals surface area (Å²) in [6.45, 7) is 0.202. The number of aromatic nitrogens is 1. The van der Waals surface area contributed by atoms with Gasteiger partial charge in [0.15, 0.2) is 5.82 Å². The molecule has 1 aromatic heterocycles. The van der Waals surface area contributed by atoms with Crippen molar-refractivity contribution in [3.63, 3.8) is 0 Å². The fourth-order valence-corrected chi connectivity index (χ4v) is 4.56. The van der Waals surface area contributed by atoms with E-state index in [1.807, 2.05) is 54.6 Å². The molecule has 164 valence electrons. The highest BCUT2D eigenvalue weighted by molar-refractivity contribution is 7.13. The number of rotatable bonds is 7. The van der Waals surface area contributed by atoms with Crippen LogP contribution in [0.15, 0.2) is 84.4 Å². The fraction of sp³-hybridized carbons (Fsp3) is 0.148. The van der Waals surface area contributed by atoms with Crippen LogP contribution in [0.1, 0.15) is 24.0 Å². The Morgan fingerprint density at radius 3 is 2.21 bits per heavy atom. The maximum absolute atomic E-state index is 12.2. The SMILES string of the molecule is O=CC1(c2ccc(-c3ccc(-c4scnc4NC(=O)OCc4ccccc4)cc3)cc2)CC1. The molecule has 1 saturated carbocycles. The minimum atomic E-state index is -0.536. The van der Waals surface area contributed by atoms with Crippen molar-refractivity contribution in [2.45, 2.75) is 24.9 Å². The van der Waals surface area contributed by atoms with Crippen LogP contribution in [-0.2, 0) is 21.6 Å². The molecule has 6 heteroatoms. The monoisotopic (exact) mass is 454 g/mol. The van der Waals surface area contributed by atoms with E-state index in [1.165, 1.54) is 11.3 Å². The summed E-state index contributed by atoms with van der Waals surface area (Å²) >= 11 is 1.46. The van der Waals surface area contributed by atoms with Gasteiger partial charge in [0.05, 0.1) is 15.8 Å². The molecule has 0 unspecified atom stereocenters. The first kappa shape index (κ1) is 21.1. The van der Waals surface area contributed by atoms with Gasteiger partial charge in [-0.3, -0.25) is 5.32 Å². The Morgan fingerprint density at radius 2 is 1.58 bits per heavy atom. The minimum absolute atomic E-state index is 0.202. The number of benzene rings is 3. The predicted octanol–water partition coefficient (Wildman–Crippen LogP) is 6.46. The number of nitrogens with one attached hydrogen (secondary N) is 1. The first-order valence-corrected chi connectivity index (χ1v) is 11.6. The molecule has 1 N–H and O–H groups in total. The number of ether oxygens (including phenoxy) is 1. The van der Waals surface area contributed by atoms with Crippen LogP contribution in [0.25, 0.3) is 21.6 Å². The summed E-state index contributed by atoms with van der Waals surface area (Å²) < 4.78 is 5.31. The highest BCUT2D eigenvalue weighted by Gasteiger charge is 2.44. The van der Waals surface area contributed by atoms with Crippen molar-refractivity contribution in [3.8, 4) is 21.6 Å². The average molecular weight is 455 g/mol. The molecule has 0 atom stereocenters. The molecular formula is C27H22N2O3S. The third kappa shape index (κ3) is 4.56. The predicted molar refractivity (Wildman–Crippen MR) is 130 cm³/mol. The molecule has 1 aliphatic rings. The second-order valence-electron chi connectivity index (χ2n) is 8.15. The lowest BCUT2D eigenvalue weighted by atomic mass is 9.95. The summed E-state index contributed by atoms with van der Waals surface area (Å²) in [5, 5.41) is 2.75. The lowest BCUT2D eigenvalue weighted by Gasteiger charge is -2.10. The van der Waals surface area contributed by atoms with Crippen LogP contribution in [0.3, 0.4) is 0 Å². The van der Waals surface area contributed by atoms with Gasteiger partial charge in [0.1, 0.15) is 12.9 Å². The van der Waals surface area contributed by atoms with Crippen molar-refractivity contribution < 1.29 is 14.3 Å². The molecule has 1 fully saturated rings. The molecule has 1 amide bonds. The normalized spacial score (nSPS) is 13.8. The molecule has 0 bridgehead atoms. The lowest BCUT2D eigenvalue weighted by molar-refractivity contribution is -0.109. The van der Waals surface area contributed by atoms with Crippen LogP contribution >= 0.6 is 11.3 Å². The van der Waals surface area contributed by atoms with Crippen LogP contribution in [-0.4, -0.2) is 17.4 Å². The molecule has 0 saturated heterocycles. The van der Waals surface area contributed by atoms with Gasteiger partial charge in [-0.15, -0.1) is 11.3 Å². The number of hydrogen-bond acceptors (Lipinski definition) is 5. The molecule has 0 spiro atoms. The van der Waals surface area contributed by atoms with Gasteiger partial charge in [-0.05, 0) is 40.7 Å². The standard InChI is InChI=1S/C27H22N2O3S/c30-17-27(14-15-27)23-12-10-21(11-13-23)20-6-8-22(9-7-20)24-25(28-18-33-24)29-26(31)32-16-19-4-2-1-3-5-19/h1-13,17-18H,14-16H2,(H,29,31). The van der Waals surface area contributed by atoms with E-state index < -0.39 is 6.09 Å². The fourth-order valence-electron chi connectivity index (χ4n) is 3.81. The van der Waals surface area contributed by atoms with E-state index >= 15 is 0 Å². The summed E-state index contributed by atoms with van der Waals surface area (Å²) in [7, 11) is 0. The van der Waals surface area contributed by atoms with Gasteiger partial charge in [0.25, 0.3) is 0 Å². The summed E-state index contributed by atoms with van der Waals surface area (Å²) in [6, 6.07) is 25.9. The van der Waals surface area contributed by atoms with Crippen molar-refractivity contribution in [2.24, 2.45) is 0 Å². The van der Waals surface area contributed by atoms with Gasteiger partial charge in [-0.2, -0.15) is 0 Å².